The summed E-state index contributed by atoms with van der Waals surface area (Å²) in [5.74, 6) is -1.01. The molecule has 0 aliphatic heterocycles. The first kappa shape index (κ1) is 14.2. The molecule has 4 heteroatoms. The van der Waals surface area contributed by atoms with Crippen LogP contribution in [0.1, 0.15) is 34.8 Å². The average molecular weight is 250 g/mol. The molecule has 1 atom stereocenters. The number of carbonyl (C=O) groups is 2. The maximum Gasteiger partial charge on any atom is 0.306 e. The molecule has 0 heterocycles. The zero-order chi connectivity index (χ0) is 13.9. The van der Waals surface area contributed by atoms with Crippen LogP contribution in [0.4, 0.5) is 0 Å². The number of hydrogen-bond acceptors (Lipinski definition) is 3. The van der Waals surface area contributed by atoms with E-state index in [0.29, 0.717) is 5.56 Å². The van der Waals surface area contributed by atoms with Crippen LogP contribution in [-0.4, -0.2) is 24.0 Å². The summed E-state index contributed by atoms with van der Waals surface area (Å²) in [4.78, 5) is 22.7. The highest BCUT2D eigenvalue weighted by atomic mass is 16.5. The third-order valence-corrected chi connectivity index (χ3v) is 2.90. The van der Waals surface area contributed by atoms with E-state index in [1.165, 1.54) is 6.92 Å². The molecular weight excluding hydrogens is 232 g/mol. The molecule has 0 amide bonds. The molecule has 4 nitrogen and oxygen atoms in total. The number of aryl methyl sites for hydroxylation is 2. The average Bonchev–Trinajstić information content (AvgIpc) is 2.28. The maximum absolute atomic E-state index is 12.0. The first-order chi connectivity index (χ1) is 8.36. The van der Waals surface area contributed by atoms with Crippen molar-refractivity contribution >= 4 is 11.8 Å². The first-order valence-corrected chi connectivity index (χ1v) is 5.78. The van der Waals surface area contributed by atoms with Crippen molar-refractivity contribution in [3.63, 3.8) is 0 Å². The summed E-state index contributed by atoms with van der Waals surface area (Å²) in [5, 5.41) is 8.80. The monoisotopic (exact) mass is 250 g/mol. The van der Waals surface area contributed by atoms with E-state index in [9.17, 15) is 9.59 Å². The van der Waals surface area contributed by atoms with Gasteiger partial charge in [-0.1, -0.05) is 6.92 Å². The van der Waals surface area contributed by atoms with E-state index in [4.69, 9.17) is 9.84 Å². The van der Waals surface area contributed by atoms with Gasteiger partial charge in [0, 0.05) is 12.0 Å². The molecule has 0 bridgehead atoms. The second-order valence-electron chi connectivity index (χ2n) is 4.51. The summed E-state index contributed by atoms with van der Waals surface area (Å²) in [7, 11) is 1.59. The Hall–Kier alpha value is -1.84. The molecule has 0 fully saturated rings. The van der Waals surface area contributed by atoms with E-state index in [2.05, 4.69) is 0 Å². The van der Waals surface area contributed by atoms with Crippen molar-refractivity contribution in [1.29, 1.82) is 0 Å². The molecule has 0 aliphatic rings. The zero-order valence-corrected chi connectivity index (χ0v) is 11.1. The molecule has 0 aliphatic carbocycles. The minimum Gasteiger partial charge on any atom is -0.496 e. The van der Waals surface area contributed by atoms with Gasteiger partial charge >= 0.3 is 5.97 Å². The second kappa shape index (κ2) is 5.67. The van der Waals surface area contributed by atoms with Crippen LogP contribution in [0.15, 0.2) is 12.1 Å². The Morgan fingerprint density at radius 3 is 2.17 bits per heavy atom. The highest BCUT2D eigenvalue weighted by Gasteiger charge is 2.18. The van der Waals surface area contributed by atoms with Crippen molar-refractivity contribution in [2.24, 2.45) is 5.92 Å². The number of ether oxygens (including phenoxy) is 1. The van der Waals surface area contributed by atoms with Gasteiger partial charge in [-0.2, -0.15) is 0 Å². The lowest BCUT2D eigenvalue weighted by atomic mass is 9.96. The van der Waals surface area contributed by atoms with E-state index in [1.54, 1.807) is 19.2 Å². The Labute approximate surface area is 107 Å². The Morgan fingerprint density at radius 1 is 1.28 bits per heavy atom. The molecule has 98 valence electrons. The van der Waals surface area contributed by atoms with Gasteiger partial charge in [-0.25, -0.2) is 0 Å². The molecule has 0 saturated heterocycles. The van der Waals surface area contributed by atoms with Gasteiger partial charge in [0.05, 0.1) is 13.0 Å². The van der Waals surface area contributed by atoms with E-state index in [0.717, 1.165) is 16.9 Å². The number of carbonyl (C=O) groups excluding carboxylic acids is 1. The Kier molecular flexibility index (Phi) is 4.48. The topological polar surface area (TPSA) is 63.6 Å². The summed E-state index contributed by atoms with van der Waals surface area (Å²) in [5.41, 5.74) is 2.30. The molecule has 18 heavy (non-hydrogen) atoms. The number of benzene rings is 1. The Balaban J connectivity index is 2.97. The van der Waals surface area contributed by atoms with E-state index in [-0.39, 0.29) is 12.2 Å². The van der Waals surface area contributed by atoms with Gasteiger partial charge in [0.1, 0.15) is 5.75 Å². The fraction of sp³-hybridized carbons (Fsp3) is 0.429. The Morgan fingerprint density at radius 2 is 1.78 bits per heavy atom. The standard InChI is InChI=1S/C14H18O4/c1-8-5-11(6-9(2)13(8)18-4)12(15)7-10(3)14(16)17/h5-6,10H,7H2,1-4H3,(H,16,17). The lowest BCUT2D eigenvalue weighted by Crippen LogP contribution is -2.15. The minimum absolute atomic E-state index is 0.0144. The number of hydrogen-bond donors (Lipinski definition) is 1. The predicted octanol–water partition coefficient (Wildman–Crippen LogP) is 2.61. The summed E-state index contributed by atoms with van der Waals surface area (Å²) in [6.07, 6.45) is 0.0144. The number of methoxy groups -OCH3 is 1. The smallest absolute Gasteiger partial charge is 0.306 e. The number of Topliss-reactive ketones (excluding diaryl/α,β-unsaturated/α-hetero) is 1. The van der Waals surface area contributed by atoms with Crippen LogP contribution in [0.2, 0.25) is 0 Å². The van der Waals surface area contributed by atoms with Crippen LogP contribution < -0.4 is 4.74 Å². The molecule has 0 spiro atoms. The number of carboxylic acid groups (broad SMARTS) is 1. The van der Waals surface area contributed by atoms with Crippen molar-refractivity contribution < 1.29 is 19.4 Å². The van der Waals surface area contributed by atoms with Crippen molar-refractivity contribution in [2.75, 3.05) is 7.11 Å². The van der Waals surface area contributed by atoms with Crippen molar-refractivity contribution in [1.82, 2.24) is 0 Å². The number of aliphatic carboxylic acids is 1. The quantitative estimate of drug-likeness (QED) is 0.816. The lowest BCUT2D eigenvalue weighted by molar-refractivity contribution is -0.141. The third kappa shape index (κ3) is 3.09. The van der Waals surface area contributed by atoms with Gasteiger partial charge in [-0.05, 0) is 37.1 Å². The molecule has 1 rings (SSSR count). The van der Waals surface area contributed by atoms with Crippen molar-refractivity contribution in [2.45, 2.75) is 27.2 Å². The van der Waals surface area contributed by atoms with Gasteiger partial charge < -0.3 is 9.84 Å². The number of rotatable bonds is 5. The molecular formula is C14H18O4. The molecule has 1 aromatic carbocycles. The molecule has 1 unspecified atom stereocenters. The van der Waals surface area contributed by atoms with Gasteiger partial charge in [-0.15, -0.1) is 0 Å². The molecule has 1 N–H and O–H groups in total. The SMILES string of the molecule is COc1c(C)cc(C(=O)CC(C)C(=O)O)cc1C. The lowest BCUT2D eigenvalue weighted by Gasteiger charge is -2.11. The highest BCUT2D eigenvalue weighted by Crippen LogP contribution is 2.25. The largest absolute Gasteiger partial charge is 0.496 e. The fourth-order valence-electron chi connectivity index (χ4n) is 1.92. The van der Waals surface area contributed by atoms with Gasteiger partial charge in [0.2, 0.25) is 0 Å². The summed E-state index contributed by atoms with van der Waals surface area (Å²) in [6.45, 7) is 5.26. The van der Waals surface area contributed by atoms with Gasteiger partial charge in [0.15, 0.2) is 5.78 Å². The molecule has 0 radical (unpaired) electrons. The van der Waals surface area contributed by atoms with Crippen LogP contribution in [0.5, 0.6) is 5.75 Å². The molecule has 1 aromatic rings. The van der Waals surface area contributed by atoms with Crippen LogP contribution >= 0.6 is 0 Å². The van der Waals surface area contributed by atoms with E-state index >= 15 is 0 Å². The van der Waals surface area contributed by atoms with Crippen molar-refractivity contribution in [3.8, 4) is 5.75 Å². The van der Waals surface area contributed by atoms with Crippen LogP contribution in [0.3, 0.4) is 0 Å². The molecule has 0 saturated carbocycles. The fourth-order valence-corrected chi connectivity index (χ4v) is 1.92. The van der Waals surface area contributed by atoms with Crippen LogP contribution in [-0.2, 0) is 4.79 Å². The summed E-state index contributed by atoms with van der Waals surface area (Å²) < 4.78 is 5.22. The summed E-state index contributed by atoms with van der Waals surface area (Å²) in [6, 6.07) is 3.48. The maximum atomic E-state index is 12.0. The van der Waals surface area contributed by atoms with Crippen LogP contribution in [0, 0.1) is 19.8 Å². The molecule has 0 aromatic heterocycles. The van der Waals surface area contributed by atoms with Crippen molar-refractivity contribution in [3.05, 3.63) is 28.8 Å². The number of ketones is 1. The van der Waals surface area contributed by atoms with E-state index < -0.39 is 11.9 Å². The summed E-state index contributed by atoms with van der Waals surface area (Å²) >= 11 is 0. The zero-order valence-electron chi connectivity index (χ0n) is 11.1. The third-order valence-electron chi connectivity index (χ3n) is 2.90. The Bertz CT molecular complexity index is 454. The second-order valence-corrected chi connectivity index (χ2v) is 4.51. The van der Waals surface area contributed by atoms with Gasteiger partial charge in [0.25, 0.3) is 0 Å². The normalized spacial score (nSPS) is 12.0. The first-order valence-electron chi connectivity index (χ1n) is 5.78. The van der Waals surface area contributed by atoms with E-state index in [1.807, 2.05) is 13.8 Å². The van der Waals surface area contributed by atoms with Gasteiger partial charge in [-0.3, -0.25) is 9.59 Å². The number of carboxylic acids is 1. The predicted molar refractivity (Wildman–Crippen MR) is 68.2 cm³/mol. The van der Waals surface area contributed by atoms with Crippen LogP contribution in [0.25, 0.3) is 0 Å². The minimum atomic E-state index is -0.953. The highest BCUT2D eigenvalue weighted by molar-refractivity contribution is 5.98.